The van der Waals surface area contributed by atoms with E-state index in [9.17, 15) is 9.18 Å². The number of nitrogens with one attached hydrogen (secondary N) is 1. The summed E-state index contributed by atoms with van der Waals surface area (Å²) in [5.41, 5.74) is 5.71. The second kappa shape index (κ2) is 9.59. The number of rotatable bonds is 7. The molecule has 0 fully saturated rings. The number of aromatic nitrogens is 5. The van der Waals surface area contributed by atoms with Crippen molar-refractivity contribution in [2.45, 2.75) is 6.92 Å². The molecule has 1 amide bonds. The summed E-state index contributed by atoms with van der Waals surface area (Å²) in [6, 6.07) is 14.1. The summed E-state index contributed by atoms with van der Waals surface area (Å²) in [6.07, 6.45) is 5.33. The van der Waals surface area contributed by atoms with Crippen LogP contribution in [0.5, 0.6) is 5.75 Å². The van der Waals surface area contributed by atoms with Crippen LogP contribution in [0.15, 0.2) is 67.3 Å². The first kappa shape index (κ1) is 23.2. The molecule has 9 nitrogen and oxygen atoms in total. The van der Waals surface area contributed by atoms with Crippen LogP contribution < -0.4 is 10.1 Å². The van der Waals surface area contributed by atoms with Crippen LogP contribution in [0.2, 0.25) is 0 Å². The third-order valence-electron chi connectivity index (χ3n) is 5.75. The van der Waals surface area contributed by atoms with Crippen molar-refractivity contribution < 1.29 is 18.7 Å². The normalized spacial score (nSPS) is 11.1. The van der Waals surface area contributed by atoms with Crippen LogP contribution in [0.25, 0.3) is 34.0 Å². The Bertz CT molecular complexity index is 1560. The number of hydrogen-bond donors (Lipinski definition) is 1. The molecule has 0 saturated carbocycles. The van der Waals surface area contributed by atoms with Gasteiger partial charge >= 0.3 is 0 Å². The predicted molar refractivity (Wildman–Crippen MR) is 133 cm³/mol. The maximum absolute atomic E-state index is 14.0. The van der Waals surface area contributed by atoms with Crippen LogP contribution in [0.1, 0.15) is 5.56 Å². The Hall–Kier alpha value is -4.57. The average Bonchev–Trinajstić information content (AvgIpc) is 3.53. The van der Waals surface area contributed by atoms with Gasteiger partial charge in [0.25, 0.3) is 0 Å². The second-order valence-electron chi connectivity index (χ2n) is 8.15. The van der Waals surface area contributed by atoms with Gasteiger partial charge in [-0.05, 0) is 42.8 Å². The number of halogens is 1. The zero-order valence-corrected chi connectivity index (χ0v) is 19.9. The average molecular weight is 487 g/mol. The largest absolute Gasteiger partial charge is 0.494 e. The highest BCUT2D eigenvalue weighted by Gasteiger charge is 2.16. The van der Waals surface area contributed by atoms with Gasteiger partial charge in [-0.2, -0.15) is 0 Å². The number of nitrogens with zero attached hydrogens (tertiary/aromatic N) is 5. The predicted octanol–water partition coefficient (Wildman–Crippen LogP) is 4.29. The van der Waals surface area contributed by atoms with Gasteiger partial charge in [-0.1, -0.05) is 12.1 Å². The minimum atomic E-state index is -0.444. The van der Waals surface area contributed by atoms with Crippen molar-refractivity contribution in [3.63, 3.8) is 0 Å². The molecule has 0 aliphatic rings. The van der Waals surface area contributed by atoms with Crippen molar-refractivity contribution in [3.8, 4) is 34.1 Å². The number of hydrogen-bond acceptors (Lipinski definition) is 6. The minimum Gasteiger partial charge on any atom is -0.494 e. The number of aryl methyl sites for hydroxylation is 1. The number of imidazole rings is 1. The summed E-state index contributed by atoms with van der Waals surface area (Å²) >= 11 is 0. The highest BCUT2D eigenvalue weighted by Crippen LogP contribution is 2.29. The Morgan fingerprint density at radius 1 is 1.08 bits per heavy atom. The van der Waals surface area contributed by atoms with Gasteiger partial charge in [-0.25, -0.2) is 9.37 Å². The SMILES string of the molecule is COCC(=O)Nc1ccc(-c2cnc3c(C)cc(-c4nncn4-c4ccc(F)c(OC)c4)cn23)cc1. The van der Waals surface area contributed by atoms with E-state index < -0.39 is 5.82 Å². The molecule has 182 valence electrons. The van der Waals surface area contributed by atoms with Crippen LogP contribution in [-0.4, -0.2) is 50.9 Å². The lowest BCUT2D eigenvalue weighted by atomic mass is 10.1. The summed E-state index contributed by atoms with van der Waals surface area (Å²) in [7, 11) is 2.90. The van der Waals surface area contributed by atoms with Crippen molar-refractivity contribution in [3.05, 3.63) is 78.6 Å². The fourth-order valence-corrected chi connectivity index (χ4v) is 4.06. The Labute approximate surface area is 206 Å². The number of benzene rings is 2. The number of fused-ring (bicyclic) bond motifs is 1. The van der Waals surface area contributed by atoms with Crippen molar-refractivity contribution in [2.24, 2.45) is 0 Å². The topological polar surface area (TPSA) is 95.6 Å². The number of amides is 1. The molecular weight excluding hydrogens is 463 g/mol. The molecule has 5 rings (SSSR count). The van der Waals surface area contributed by atoms with Crippen molar-refractivity contribution in [2.75, 3.05) is 26.1 Å². The van der Waals surface area contributed by atoms with Gasteiger partial charge < -0.3 is 14.8 Å². The molecule has 5 aromatic rings. The van der Waals surface area contributed by atoms with E-state index >= 15 is 0 Å². The van der Waals surface area contributed by atoms with Gasteiger partial charge in [0.2, 0.25) is 5.91 Å². The Morgan fingerprint density at radius 2 is 1.89 bits per heavy atom. The second-order valence-corrected chi connectivity index (χ2v) is 8.15. The van der Waals surface area contributed by atoms with E-state index in [1.807, 2.05) is 47.9 Å². The monoisotopic (exact) mass is 486 g/mol. The van der Waals surface area contributed by atoms with Gasteiger partial charge in [0.15, 0.2) is 17.4 Å². The minimum absolute atomic E-state index is 0.00755. The molecule has 36 heavy (non-hydrogen) atoms. The molecule has 3 aromatic heterocycles. The van der Waals surface area contributed by atoms with Crippen molar-refractivity contribution in [1.82, 2.24) is 24.1 Å². The maximum Gasteiger partial charge on any atom is 0.250 e. The van der Waals surface area contributed by atoms with Gasteiger partial charge in [-0.3, -0.25) is 13.8 Å². The van der Waals surface area contributed by atoms with Crippen LogP contribution >= 0.6 is 0 Å². The number of carbonyl (C=O) groups is 1. The Morgan fingerprint density at radius 3 is 2.64 bits per heavy atom. The summed E-state index contributed by atoms with van der Waals surface area (Å²) in [5, 5.41) is 11.2. The van der Waals surface area contributed by atoms with Crippen LogP contribution in [0.3, 0.4) is 0 Å². The smallest absolute Gasteiger partial charge is 0.250 e. The van der Waals surface area contributed by atoms with Crippen LogP contribution in [0, 0.1) is 12.7 Å². The number of anilines is 1. The fourth-order valence-electron chi connectivity index (χ4n) is 4.06. The number of methoxy groups -OCH3 is 2. The molecule has 0 unspecified atom stereocenters. The molecule has 2 aromatic carbocycles. The molecule has 0 spiro atoms. The highest BCUT2D eigenvalue weighted by atomic mass is 19.1. The molecule has 0 bridgehead atoms. The maximum atomic E-state index is 14.0. The van der Waals surface area contributed by atoms with Gasteiger partial charge in [0.05, 0.1) is 24.7 Å². The summed E-state index contributed by atoms with van der Waals surface area (Å²) < 4.78 is 27.7. The molecule has 3 heterocycles. The van der Waals surface area contributed by atoms with Gasteiger partial charge in [0, 0.05) is 36.2 Å². The van der Waals surface area contributed by atoms with E-state index in [4.69, 9.17) is 9.47 Å². The van der Waals surface area contributed by atoms with Crippen LogP contribution in [0.4, 0.5) is 10.1 Å². The quantitative estimate of drug-likeness (QED) is 0.369. The standard InChI is InChI=1S/C26H23FN6O3/c1-16-10-18(26-31-29-15-33(26)20-8-9-21(27)23(11-20)36-3)13-32-22(12-28-25(16)32)17-4-6-19(7-5-17)30-24(34)14-35-2/h4-13,15H,14H2,1-3H3,(H,30,34). The lowest BCUT2D eigenvalue weighted by molar-refractivity contribution is -0.119. The third kappa shape index (κ3) is 4.29. The van der Waals surface area contributed by atoms with Crippen molar-refractivity contribution in [1.29, 1.82) is 0 Å². The zero-order valence-electron chi connectivity index (χ0n) is 19.9. The summed E-state index contributed by atoms with van der Waals surface area (Å²) in [5.74, 6) is 0.0609. The molecule has 0 aliphatic heterocycles. The molecule has 0 aliphatic carbocycles. The summed E-state index contributed by atoms with van der Waals surface area (Å²) in [6.45, 7) is 1.97. The molecule has 0 atom stereocenters. The highest BCUT2D eigenvalue weighted by molar-refractivity contribution is 5.92. The molecule has 10 heteroatoms. The van der Waals surface area contributed by atoms with Gasteiger partial charge in [-0.15, -0.1) is 10.2 Å². The third-order valence-corrected chi connectivity index (χ3v) is 5.75. The Balaban J connectivity index is 1.54. The lowest BCUT2D eigenvalue weighted by Crippen LogP contribution is -2.16. The number of ether oxygens (including phenoxy) is 2. The Kier molecular flexibility index (Phi) is 6.17. The zero-order chi connectivity index (χ0) is 25.2. The molecule has 0 saturated heterocycles. The van der Waals surface area contributed by atoms with E-state index in [-0.39, 0.29) is 18.3 Å². The van der Waals surface area contributed by atoms with Crippen molar-refractivity contribution >= 4 is 17.2 Å². The van der Waals surface area contributed by atoms with E-state index in [0.717, 1.165) is 28.0 Å². The summed E-state index contributed by atoms with van der Waals surface area (Å²) in [4.78, 5) is 16.4. The van der Waals surface area contributed by atoms with Gasteiger partial charge in [0.1, 0.15) is 18.6 Å². The van der Waals surface area contributed by atoms with Crippen LogP contribution in [-0.2, 0) is 9.53 Å². The molecular formula is C26H23FN6O3. The number of carbonyl (C=O) groups excluding carboxylic acids is 1. The lowest BCUT2D eigenvalue weighted by Gasteiger charge is -2.11. The van der Waals surface area contributed by atoms with E-state index in [2.05, 4.69) is 20.5 Å². The van der Waals surface area contributed by atoms with E-state index in [1.165, 1.54) is 20.3 Å². The fraction of sp³-hybridized carbons (Fsp3) is 0.154. The molecule has 0 radical (unpaired) electrons. The first-order valence-electron chi connectivity index (χ1n) is 11.1. The van der Waals surface area contributed by atoms with E-state index in [0.29, 0.717) is 17.2 Å². The molecule has 1 N–H and O–H groups in total. The first-order chi connectivity index (χ1) is 17.5. The number of pyridine rings is 1. The first-order valence-corrected chi connectivity index (χ1v) is 11.1. The van der Waals surface area contributed by atoms with E-state index in [1.54, 1.807) is 29.2 Å².